The summed E-state index contributed by atoms with van der Waals surface area (Å²) in [7, 11) is 2.57. The quantitative estimate of drug-likeness (QED) is 0.128. The third kappa shape index (κ3) is 8.43. The van der Waals surface area contributed by atoms with Crippen LogP contribution in [0, 0.1) is 11.8 Å². The Hall–Kier alpha value is -5.92. The average Bonchev–Trinajstić information content (AvgIpc) is 4.02. The first-order valence-corrected chi connectivity index (χ1v) is 18.7. The molecule has 4 atom stereocenters. The zero-order valence-corrected chi connectivity index (χ0v) is 32.4. The van der Waals surface area contributed by atoms with Crippen molar-refractivity contribution in [3.8, 4) is 33.6 Å². The highest BCUT2D eigenvalue weighted by Crippen LogP contribution is 2.34. The Morgan fingerprint density at radius 3 is 1.65 bits per heavy atom. The van der Waals surface area contributed by atoms with Gasteiger partial charge < -0.3 is 39.9 Å². The molecule has 0 spiro atoms. The van der Waals surface area contributed by atoms with Crippen LogP contribution < -0.4 is 10.6 Å². The summed E-state index contributed by atoms with van der Waals surface area (Å²) in [5, 5.41) is 5.37. The molecule has 2 aromatic carbocycles. The van der Waals surface area contributed by atoms with Gasteiger partial charge in [-0.2, -0.15) is 0 Å². The Labute approximate surface area is 321 Å². The molecule has 0 radical (unpaired) electrons. The second kappa shape index (κ2) is 16.6. The molecule has 4 N–H and O–H groups in total. The molecule has 14 heteroatoms. The number of carbonyl (C=O) groups is 4. The maximum Gasteiger partial charge on any atom is 0.407 e. The maximum absolute atomic E-state index is 13.6. The smallest absolute Gasteiger partial charge is 0.407 e. The number of imidazole rings is 2. The van der Waals surface area contributed by atoms with E-state index in [0.29, 0.717) is 18.9 Å². The van der Waals surface area contributed by atoms with Gasteiger partial charge in [0.2, 0.25) is 11.8 Å². The number of carbonyl (C=O) groups excluding carboxylic acids is 4. The van der Waals surface area contributed by atoms with Crippen molar-refractivity contribution in [3.05, 3.63) is 84.2 Å². The normalized spacial score (nSPS) is 17.9. The van der Waals surface area contributed by atoms with E-state index >= 15 is 0 Å². The molecule has 0 saturated carbocycles. The third-order valence-corrected chi connectivity index (χ3v) is 10.3. The molecule has 290 valence electrons. The summed E-state index contributed by atoms with van der Waals surface area (Å²) in [6.45, 7) is 10.6. The van der Waals surface area contributed by atoms with Crippen LogP contribution in [0.15, 0.2) is 72.6 Å². The molecule has 4 aromatic rings. The number of hydrogen-bond donors (Lipinski definition) is 4. The lowest BCUT2D eigenvalue weighted by molar-refractivity contribution is -0.136. The number of alkyl carbamates (subject to hydrolysis) is 2. The molecule has 0 unspecified atom stereocenters. The van der Waals surface area contributed by atoms with Crippen molar-refractivity contribution in [1.82, 2.24) is 40.4 Å². The number of nitrogens with one attached hydrogen (secondary N) is 4. The topological polar surface area (TPSA) is 175 Å². The number of likely N-dealkylation sites (tertiary alicyclic amines) is 1. The van der Waals surface area contributed by atoms with Gasteiger partial charge in [0.15, 0.2) is 0 Å². The maximum atomic E-state index is 13.6. The molecule has 2 aromatic heterocycles. The Kier molecular flexibility index (Phi) is 11.7. The summed E-state index contributed by atoms with van der Waals surface area (Å²) < 4.78 is 9.51. The van der Waals surface area contributed by atoms with Gasteiger partial charge in [-0.15, -0.1) is 0 Å². The minimum atomic E-state index is -0.732. The number of aromatic amines is 2. The van der Waals surface area contributed by atoms with Crippen molar-refractivity contribution in [3.63, 3.8) is 0 Å². The number of nitrogens with zero attached hydrogens (tertiary/aromatic N) is 4. The number of aromatic nitrogens is 4. The number of rotatable bonds is 11. The van der Waals surface area contributed by atoms with E-state index in [0.717, 1.165) is 57.9 Å². The summed E-state index contributed by atoms with van der Waals surface area (Å²) in [4.78, 5) is 70.8. The summed E-state index contributed by atoms with van der Waals surface area (Å²) in [6.07, 6.45) is 5.95. The zero-order chi connectivity index (χ0) is 39.4. The van der Waals surface area contributed by atoms with E-state index < -0.39 is 30.3 Å². The summed E-state index contributed by atoms with van der Waals surface area (Å²) in [5.74, 6) is 0.780. The van der Waals surface area contributed by atoms with Crippen molar-refractivity contribution in [1.29, 1.82) is 0 Å². The van der Waals surface area contributed by atoms with Crippen LogP contribution in [-0.2, 0) is 19.1 Å². The highest BCUT2D eigenvalue weighted by Gasteiger charge is 2.38. The Bertz CT molecular complexity index is 2030. The van der Waals surface area contributed by atoms with Crippen LogP contribution in [0.25, 0.3) is 33.6 Å². The Balaban J connectivity index is 1.12. The highest BCUT2D eigenvalue weighted by molar-refractivity contribution is 5.87. The van der Waals surface area contributed by atoms with Gasteiger partial charge in [0.1, 0.15) is 29.8 Å². The third-order valence-electron chi connectivity index (χ3n) is 10.3. The molecular weight excluding hydrogens is 701 g/mol. The molecule has 55 heavy (non-hydrogen) atoms. The minimum Gasteiger partial charge on any atom is -0.453 e. The molecule has 1 fully saturated rings. The van der Waals surface area contributed by atoms with Crippen LogP contribution >= 0.6 is 0 Å². The first-order valence-electron chi connectivity index (χ1n) is 18.7. The second-order valence-corrected chi connectivity index (χ2v) is 14.8. The van der Waals surface area contributed by atoms with E-state index in [1.807, 2.05) is 65.0 Å². The van der Waals surface area contributed by atoms with E-state index in [1.54, 1.807) is 22.2 Å². The lowest BCUT2D eigenvalue weighted by Crippen LogP contribution is -2.51. The van der Waals surface area contributed by atoms with Crippen LogP contribution in [0.5, 0.6) is 0 Å². The molecule has 4 amide bonds. The van der Waals surface area contributed by atoms with E-state index in [4.69, 9.17) is 9.47 Å². The zero-order valence-electron chi connectivity index (χ0n) is 32.4. The van der Waals surface area contributed by atoms with E-state index in [9.17, 15) is 19.2 Å². The monoisotopic (exact) mass is 750 g/mol. The summed E-state index contributed by atoms with van der Waals surface area (Å²) in [5.41, 5.74) is 6.74. The van der Waals surface area contributed by atoms with Crippen molar-refractivity contribution in [2.45, 2.75) is 71.6 Å². The molecule has 14 nitrogen and oxygen atoms in total. The van der Waals surface area contributed by atoms with Gasteiger partial charge in [-0.3, -0.25) is 9.59 Å². The van der Waals surface area contributed by atoms with Crippen molar-refractivity contribution < 1.29 is 28.7 Å². The van der Waals surface area contributed by atoms with Gasteiger partial charge in [0, 0.05) is 13.1 Å². The first kappa shape index (κ1) is 38.8. The molecule has 0 aliphatic carbocycles. The Morgan fingerprint density at radius 1 is 0.709 bits per heavy atom. The predicted molar refractivity (Wildman–Crippen MR) is 207 cm³/mol. The van der Waals surface area contributed by atoms with Gasteiger partial charge in [-0.1, -0.05) is 87.9 Å². The van der Waals surface area contributed by atoms with Gasteiger partial charge in [0.25, 0.3) is 0 Å². The fourth-order valence-electron chi connectivity index (χ4n) is 7.26. The summed E-state index contributed by atoms with van der Waals surface area (Å²) in [6, 6.07) is 14.4. The number of amides is 4. The Morgan fingerprint density at radius 2 is 1.16 bits per heavy atom. The van der Waals surface area contributed by atoms with Gasteiger partial charge >= 0.3 is 12.2 Å². The largest absolute Gasteiger partial charge is 0.453 e. The lowest BCUT2D eigenvalue weighted by atomic mass is 10.0. The lowest BCUT2D eigenvalue weighted by Gasteiger charge is -2.30. The molecular formula is C41H50N8O6. The highest BCUT2D eigenvalue weighted by atomic mass is 16.5. The van der Waals surface area contributed by atoms with Crippen molar-refractivity contribution in [2.75, 3.05) is 27.3 Å². The predicted octanol–water partition coefficient (Wildman–Crippen LogP) is 6.39. The fourth-order valence-corrected chi connectivity index (χ4v) is 7.26. The van der Waals surface area contributed by atoms with Crippen molar-refractivity contribution >= 4 is 24.0 Å². The average molecular weight is 751 g/mol. The number of methoxy groups -OCH3 is 2. The molecule has 2 aliphatic heterocycles. The number of ether oxygens (including phenoxy) is 2. The van der Waals surface area contributed by atoms with Crippen molar-refractivity contribution in [2.24, 2.45) is 11.8 Å². The number of benzene rings is 2. The number of hydrogen-bond acceptors (Lipinski definition) is 8. The van der Waals surface area contributed by atoms with Crippen LogP contribution in [0.3, 0.4) is 0 Å². The number of H-pyrrole nitrogens is 2. The van der Waals surface area contributed by atoms with Crippen LogP contribution in [0.1, 0.15) is 71.2 Å². The minimum absolute atomic E-state index is 0.107. The standard InChI is InChI=1S/C41H50N8O6/c1-23(2)34(46-40(52)54-6)38(50)48-18-8-9-32(48)36-42-20-30(44-36)28-14-10-26(11-15-28)27-12-16-29(17-13-27)31-21-43-37(45-31)33-19-25(5)22-49(33)39(51)35(24(3)4)47-41(53)55-7/h10-17,19-21,23-24,32-35H,8-9,18,22H2,1-7H3,(H,42,44)(H,43,45)(H,46,52)(H,47,53)/t32-,33+,34-,35+/m0/s1. The molecule has 6 rings (SSSR count). The molecule has 1 saturated heterocycles. The molecule has 0 bridgehead atoms. The molecule has 4 heterocycles. The van der Waals surface area contributed by atoms with E-state index in [-0.39, 0.29) is 29.7 Å². The van der Waals surface area contributed by atoms with Crippen LogP contribution in [-0.4, -0.2) is 93.1 Å². The fraction of sp³-hybridized carbons (Fsp3) is 0.415. The van der Waals surface area contributed by atoms with Crippen LogP contribution in [0.2, 0.25) is 0 Å². The van der Waals surface area contributed by atoms with Gasteiger partial charge in [-0.05, 0) is 53.9 Å². The SMILES string of the molecule is COC(=O)N[C@H](C(=O)N1CCC[C@H]1c1ncc(-c2ccc(-c3ccc(-c4cnc([C@H]5C=C(C)CN5C(=O)[C@H](NC(=O)OC)C(C)C)[nH]4)cc3)cc2)[nH]1)C(C)C. The van der Waals surface area contributed by atoms with E-state index in [2.05, 4.69) is 54.8 Å². The van der Waals surface area contributed by atoms with Crippen LogP contribution in [0.4, 0.5) is 9.59 Å². The van der Waals surface area contributed by atoms with Gasteiger partial charge in [0.05, 0.1) is 44.0 Å². The summed E-state index contributed by atoms with van der Waals surface area (Å²) >= 11 is 0. The van der Waals surface area contributed by atoms with E-state index in [1.165, 1.54) is 14.2 Å². The second-order valence-electron chi connectivity index (χ2n) is 14.8. The molecule has 2 aliphatic rings. The van der Waals surface area contributed by atoms with Gasteiger partial charge in [-0.25, -0.2) is 19.6 Å². The first-order chi connectivity index (χ1) is 26.4.